The van der Waals surface area contributed by atoms with Gasteiger partial charge in [-0.1, -0.05) is 0 Å². The molecule has 2 nitrogen and oxygen atoms in total. The largest absolute Gasteiger partial charge is 0.300 e. The molecular formula is C7H7N2+. The fourth-order valence-corrected chi connectivity index (χ4v) is 0.558. The van der Waals surface area contributed by atoms with Gasteiger partial charge in [-0.15, -0.1) is 4.67 Å². The van der Waals surface area contributed by atoms with E-state index in [1.165, 1.54) is 0 Å². The molecule has 0 radical (unpaired) electrons. The summed E-state index contributed by atoms with van der Waals surface area (Å²) in [5, 5.41) is 0. The maximum atomic E-state index is 3.88. The Kier molecular flexibility index (Phi) is 1.78. The lowest BCUT2D eigenvalue weighted by Crippen LogP contribution is -1.82. The molecule has 2 heteroatoms. The number of rotatable bonds is 1. The maximum absolute atomic E-state index is 3.88. The fraction of sp³-hybridized carbons (Fsp3) is 0. The van der Waals surface area contributed by atoms with Crippen molar-refractivity contribution < 1.29 is 0 Å². The van der Waals surface area contributed by atoms with Crippen molar-refractivity contribution in [2.24, 2.45) is 0 Å². The zero-order valence-electron chi connectivity index (χ0n) is 4.99. The Morgan fingerprint density at radius 2 is 2.56 bits per heavy atom. The molecule has 0 bridgehead atoms. The first-order valence-electron chi connectivity index (χ1n) is 2.62. The lowest BCUT2D eigenvalue weighted by atomic mass is 10.3. The van der Waals surface area contributed by atoms with Crippen LogP contribution < -0.4 is 4.67 Å². The van der Waals surface area contributed by atoms with Crippen LogP contribution in [0.3, 0.4) is 0 Å². The molecule has 0 amide bonds. The Hall–Kier alpha value is -1.40. The average Bonchev–Trinajstić information content (AvgIpc) is 1.91. The van der Waals surface area contributed by atoms with Crippen LogP contribution >= 0.6 is 0 Å². The number of nitrogens with zero attached hydrogens (tertiary/aromatic N) is 2. The Labute approximate surface area is 53.6 Å². The Morgan fingerprint density at radius 1 is 1.67 bits per heavy atom. The molecule has 1 rings (SSSR count). The summed E-state index contributed by atoms with van der Waals surface area (Å²) < 4.78 is 3.59. The summed E-state index contributed by atoms with van der Waals surface area (Å²) >= 11 is 0. The molecule has 9 heavy (non-hydrogen) atoms. The molecule has 0 aliphatic heterocycles. The van der Waals surface area contributed by atoms with Crippen LogP contribution in [-0.2, 0) is 0 Å². The van der Waals surface area contributed by atoms with Gasteiger partial charge >= 0.3 is 0 Å². The molecule has 0 spiro atoms. The van der Waals surface area contributed by atoms with Crippen LogP contribution in [0, 0.1) is 0 Å². The number of hydrogen-bond acceptors (Lipinski definition) is 1. The number of pyridine rings is 1. The predicted octanol–water partition coefficient (Wildman–Crippen LogP) is 0.268. The van der Waals surface area contributed by atoms with Crippen molar-refractivity contribution >= 4 is 12.9 Å². The van der Waals surface area contributed by atoms with E-state index in [9.17, 15) is 0 Å². The molecule has 1 heterocycles. The monoisotopic (exact) mass is 119 g/mol. The number of hydrogen-bond donors (Lipinski definition) is 0. The zero-order valence-corrected chi connectivity index (χ0v) is 4.99. The zero-order chi connectivity index (χ0) is 6.53. The van der Waals surface area contributed by atoms with E-state index in [4.69, 9.17) is 0 Å². The lowest BCUT2D eigenvalue weighted by Gasteiger charge is -1.79. The minimum absolute atomic E-state index is 0.979. The van der Waals surface area contributed by atoms with E-state index in [0.717, 1.165) is 5.56 Å². The van der Waals surface area contributed by atoms with Crippen molar-refractivity contribution in [2.45, 2.75) is 0 Å². The summed E-state index contributed by atoms with van der Waals surface area (Å²) in [6, 6.07) is 3.78. The third-order valence-corrected chi connectivity index (χ3v) is 0.925. The van der Waals surface area contributed by atoms with Gasteiger partial charge in [-0.05, 0) is 12.1 Å². The highest BCUT2D eigenvalue weighted by Gasteiger charge is 1.87. The van der Waals surface area contributed by atoms with Crippen LogP contribution in [0.1, 0.15) is 5.56 Å². The summed E-state index contributed by atoms with van der Waals surface area (Å²) in [4.78, 5) is 3.88. The molecule has 1 aromatic rings. The molecule has 0 unspecified atom stereocenters. The molecule has 0 N–H and O–H groups in total. The van der Waals surface area contributed by atoms with Gasteiger partial charge in [0.1, 0.15) is 0 Å². The van der Waals surface area contributed by atoms with E-state index in [-0.39, 0.29) is 0 Å². The van der Waals surface area contributed by atoms with Crippen LogP contribution in [0.25, 0.3) is 0 Å². The van der Waals surface area contributed by atoms with Gasteiger partial charge in [0.2, 0.25) is 0 Å². The SMILES string of the molecule is C=[N+]=Cc1cccnc1. The van der Waals surface area contributed by atoms with Gasteiger partial charge in [0.15, 0.2) is 0 Å². The minimum atomic E-state index is 0.979. The molecule has 0 saturated carbocycles. The lowest BCUT2D eigenvalue weighted by molar-refractivity contribution is 1.32. The van der Waals surface area contributed by atoms with Crippen molar-refractivity contribution in [3.63, 3.8) is 0 Å². The molecule has 0 atom stereocenters. The molecule has 0 fully saturated rings. The van der Waals surface area contributed by atoms with Crippen LogP contribution in [-0.4, -0.2) is 17.9 Å². The highest BCUT2D eigenvalue weighted by molar-refractivity contribution is 5.78. The summed E-state index contributed by atoms with van der Waals surface area (Å²) in [6.07, 6.45) is 5.11. The third-order valence-electron chi connectivity index (χ3n) is 0.925. The molecule has 44 valence electrons. The second-order valence-corrected chi connectivity index (χ2v) is 1.60. The first-order chi connectivity index (χ1) is 4.43. The second-order valence-electron chi connectivity index (χ2n) is 1.60. The van der Waals surface area contributed by atoms with Crippen molar-refractivity contribution in [1.29, 1.82) is 0 Å². The van der Waals surface area contributed by atoms with Crippen LogP contribution in [0.2, 0.25) is 0 Å². The van der Waals surface area contributed by atoms with Gasteiger partial charge in [0.25, 0.3) is 12.9 Å². The highest BCUT2D eigenvalue weighted by atomic mass is 14.6. The van der Waals surface area contributed by atoms with Gasteiger partial charge < -0.3 is 0 Å². The molecule has 0 saturated heterocycles. The van der Waals surface area contributed by atoms with Crippen LogP contribution in [0.5, 0.6) is 0 Å². The Balaban J connectivity index is 2.97. The van der Waals surface area contributed by atoms with Crippen molar-refractivity contribution in [2.75, 3.05) is 0 Å². The van der Waals surface area contributed by atoms with Gasteiger partial charge in [-0.25, -0.2) is 0 Å². The smallest absolute Gasteiger partial charge is 0.264 e. The summed E-state index contributed by atoms with van der Waals surface area (Å²) in [5.41, 5.74) is 0.979. The quantitative estimate of drug-likeness (QED) is 0.385. The molecular weight excluding hydrogens is 112 g/mol. The molecule has 1 aromatic heterocycles. The Morgan fingerprint density at radius 3 is 3.11 bits per heavy atom. The topological polar surface area (TPSA) is 27.0 Å². The third kappa shape index (κ3) is 1.52. The maximum Gasteiger partial charge on any atom is 0.300 e. The normalized spacial score (nSPS) is 8.00. The van der Waals surface area contributed by atoms with Crippen molar-refractivity contribution in [1.82, 2.24) is 9.65 Å². The van der Waals surface area contributed by atoms with Crippen LogP contribution in [0.15, 0.2) is 24.5 Å². The molecule has 0 aliphatic rings. The molecule has 0 aromatic carbocycles. The van der Waals surface area contributed by atoms with Gasteiger partial charge in [0, 0.05) is 12.4 Å². The predicted molar refractivity (Wildman–Crippen MR) is 38.7 cm³/mol. The van der Waals surface area contributed by atoms with Crippen LogP contribution in [0.4, 0.5) is 0 Å². The summed E-state index contributed by atoms with van der Waals surface area (Å²) in [6.45, 7) is 3.32. The highest BCUT2D eigenvalue weighted by Crippen LogP contribution is 1.87. The van der Waals surface area contributed by atoms with Crippen molar-refractivity contribution in [3.05, 3.63) is 30.1 Å². The fourth-order valence-electron chi connectivity index (χ4n) is 0.558. The van der Waals surface area contributed by atoms with E-state index in [0.29, 0.717) is 0 Å². The minimum Gasteiger partial charge on any atom is -0.264 e. The van der Waals surface area contributed by atoms with Gasteiger partial charge in [0.05, 0.1) is 5.56 Å². The Bertz CT molecular complexity index is 222. The number of aromatic nitrogens is 1. The van der Waals surface area contributed by atoms with E-state index in [1.54, 1.807) is 18.6 Å². The van der Waals surface area contributed by atoms with Crippen molar-refractivity contribution in [3.8, 4) is 0 Å². The van der Waals surface area contributed by atoms with Gasteiger partial charge in [-0.2, -0.15) is 0 Å². The first-order valence-corrected chi connectivity index (χ1v) is 2.62. The summed E-state index contributed by atoms with van der Waals surface area (Å²) in [5.74, 6) is 0. The van der Waals surface area contributed by atoms with E-state index >= 15 is 0 Å². The summed E-state index contributed by atoms with van der Waals surface area (Å²) in [7, 11) is 0. The van der Waals surface area contributed by atoms with E-state index in [2.05, 4.69) is 16.4 Å². The average molecular weight is 119 g/mol. The second kappa shape index (κ2) is 2.80. The van der Waals surface area contributed by atoms with E-state index in [1.807, 2.05) is 12.1 Å². The first kappa shape index (κ1) is 5.73. The van der Waals surface area contributed by atoms with E-state index < -0.39 is 0 Å². The molecule has 0 aliphatic carbocycles. The standard InChI is InChI=1S/C7H7N2/c1-8-5-7-3-2-4-9-6-7/h2-6H,1H2/q+1. The van der Waals surface area contributed by atoms with Gasteiger partial charge in [-0.3, -0.25) is 4.98 Å².